The van der Waals surface area contributed by atoms with Gasteiger partial charge < -0.3 is 21.9 Å². The fourth-order valence-electron chi connectivity index (χ4n) is 1.91. The Balaban J connectivity index is 3.64. The highest BCUT2D eigenvalue weighted by Gasteiger charge is 2.10. The number of carbonyl (C=O) groups is 2. The molecule has 0 aliphatic rings. The van der Waals surface area contributed by atoms with Crippen molar-refractivity contribution >= 4 is 17.8 Å². The lowest BCUT2D eigenvalue weighted by molar-refractivity contribution is -0.137. The van der Waals surface area contributed by atoms with Crippen LogP contribution in [0.25, 0.3) is 0 Å². The van der Waals surface area contributed by atoms with Crippen molar-refractivity contribution in [1.82, 2.24) is 5.32 Å². The van der Waals surface area contributed by atoms with E-state index in [0.717, 1.165) is 25.7 Å². The number of carbonyl (C=O) groups excluding carboxylic acids is 1. The Labute approximate surface area is 126 Å². The second-order valence-corrected chi connectivity index (χ2v) is 5.13. The van der Waals surface area contributed by atoms with Crippen molar-refractivity contribution in [3.8, 4) is 0 Å². The Hall–Kier alpha value is -1.79. The number of aliphatic carboxylic acids is 1. The van der Waals surface area contributed by atoms with Crippen LogP contribution in [0.5, 0.6) is 0 Å². The van der Waals surface area contributed by atoms with E-state index in [0.29, 0.717) is 25.9 Å². The predicted octanol–water partition coefficient (Wildman–Crippen LogP) is 0.827. The summed E-state index contributed by atoms with van der Waals surface area (Å²) in [6, 6.07) is 0. The van der Waals surface area contributed by atoms with Gasteiger partial charge in [0.05, 0.1) is 0 Å². The first-order valence-electron chi connectivity index (χ1n) is 7.49. The lowest BCUT2D eigenvalue weighted by Gasteiger charge is -2.14. The van der Waals surface area contributed by atoms with Crippen molar-refractivity contribution in [2.24, 2.45) is 22.4 Å². The molecule has 0 bridgehead atoms. The van der Waals surface area contributed by atoms with E-state index in [-0.39, 0.29) is 24.2 Å². The molecule has 0 aliphatic heterocycles. The number of nitrogens with one attached hydrogen (secondary N) is 1. The van der Waals surface area contributed by atoms with E-state index in [4.69, 9.17) is 16.6 Å². The third-order valence-corrected chi connectivity index (χ3v) is 3.29. The summed E-state index contributed by atoms with van der Waals surface area (Å²) in [6.07, 6.45) is 4.67. The highest BCUT2D eigenvalue weighted by Crippen LogP contribution is 2.10. The maximum absolute atomic E-state index is 11.6. The number of guanidine groups is 1. The van der Waals surface area contributed by atoms with Crippen LogP contribution in [-0.4, -0.2) is 36.0 Å². The number of hydrogen-bond donors (Lipinski definition) is 4. The molecule has 0 spiro atoms. The molecule has 122 valence electrons. The summed E-state index contributed by atoms with van der Waals surface area (Å²) in [5.74, 6) is -0.446. The van der Waals surface area contributed by atoms with Gasteiger partial charge in [0, 0.05) is 25.9 Å². The Morgan fingerprint density at radius 2 is 1.90 bits per heavy atom. The molecule has 0 rings (SSSR count). The van der Waals surface area contributed by atoms with Crippen molar-refractivity contribution in [1.29, 1.82) is 0 Å². The molecule has 0 aliphatic carbocycles. The van der Waals surface area contributed by atoms with E-state index in [1.54, 1.807) is 0 Å². The largest absolute Gasteiger partial charge is 0.481 e. The Morgan fingerprint density at radius 3 is 2.48 bits per heavy atom. The number of hydrogen-bond acceptors (Lipinski definition) is 3. The van der Waals surface area contributed by atoms with Crippen LogP contribution in [0.3, 0.4) is 0 Å². The fraction of sp³-hybridized carbons (Fsp3) is 0.786. The molecule has 7 nitrogen and oxygen atoms in total. The van der Waals surface area contributed by atoms with E-state index >= 15 is 0 Å². The van der Waals surface area contributed by atoms with Crippen molar-refractivity contribution < 1.29 is 14.7 Å². The molecule has 0 radical (unpaired) electrons. The minimum Gasteiger partial charge on any atom is -0.481 e. The minimum absolute atomic E-state index is 0.0191. The molecule has 21 heavy (non-hydrogen) atoms. The Kier molecular flexibility index (Phi) is 11.0. The van der Waals surface area contributed by atoms with Gasteiger partial charge in [-0.1, -0.05) is 19.8 Å². The summed E-state index contributed by atoms with van der Waals surface area (Å²) in [6.45, 7) is 3.15. The predicted molar refractivity (Wildman–Crippen MR) is 82.8 cm³/mol. The second-order valence-electron chi connectivity index (χ2n) is 5.13. The summed E-state index contributed by atoms with van der Waals surface area (Å²) in [5.41, 5.74) is 10.4. The van der Waals surface area contributed by atoms with E-state index in [1.807, 2.05) is 6.92 Å². The Bertz CT molecular complexity index is 341. The number of nitrogens with two attached hydrogens (primary N) is 2. The van der Waals surface area contributed by atoms with Gasteiger partial charge in [0.15, 0.2) is 5.96 Å². The number of aliphatic imine (C=N–C) groups is 1. The summed E-state index contributed by atoms with van der Waals surface area (Å²) < 4.78 is 0. The van der Waals surface area contributed by atoms with Gasteiger partial charge in [-0.2, -0.15) is 0 Å². The van der Waals surface area contributed by atoms with Crippen molar-refractivity contribution in [3.05, 3.63) is 0 Å². The molecule has 0 saturated carbocycles. The molecule has 0 aromatic carbocycles. The van der Waals surface area contributed by atoms with E-state index in [9.17, 15) is 9.59 Å². The van der Waals surface area contributed by atoms with Crippen LogP contribution >= 0.6 is 0 Å². The van der Waals surface area contributed by atoms with Crippen molar-refractivity contribution in [2.45, 2.75) is 51.9 Å². The van der Waals surface area contributed by atoms with E-state index < -0.39 is 5.97 Å². The maximum atomic E-state index is 11.6. The highest BCUT2D eigenvalue weighted by molar-refractivity contribution is 5.76. The zero-order valence-corrected chi connectivity index (χ0v) is 12.8. The first-order chi connectivity index (χ1) is 9.95. The number of nitrogens with zero attached hydrogens (tertiary/aromatic N) is 1. The van der Waals surface area contributed by atoms with Crippen LogP contribution in [-0.2, 0) is 9.59 Å². The summed E-state index contributed by atoms with van der Waals surface area (Å²) in [7, 11) is 0. The zero-order valence-electron chi connectivity index (χ0n) is 12.8. The first kappa shape index (κ1) is 19.2. The lowest BCUT2D eigenvalue weighted by atomic mass is 10.0. The van der Waals surface area contributed by atoms with E-state index in [1.165, 1.54) is 0 Å². The number of amides is 1. The summed E-state index contributed by atoms with van der Waals surface area (Å²) in [4.78, 5) is 26.0. The second kappa shape index (κ2) is 12.0. The maximum Gasteiger partial charge on any atom is 0.303 e. The van der Waals surface area contributed by atoms with Crippen LogP contribution in [0, 0.1) is 5.92 Å². The molecule has 1 unspecified atom stereocenters. The van der Waals surface area contributed by atoms with Gasteiger partial charge in [-0.05, 0) is 25.2 Å². The van der Waals surface area contributed by atoms with Gasteiger partial charge in [0.25, 0.3) is 0 Å². The number of carboxylic acids is 1. The normalized spacial score (nSPS) is 11.7. The van der Waals surface area contributed by atoms with Crippen molar-refractivity contribution in [2.75, 3.05) is 13.1 Å². The third-order valence-electron chi connectivity index (χ3n) is 3.29. The monoisotopic (exact) mass is 300 g/mol. The number of rotatable bonds is 12. The van der Waals surface area contributed by atoms with E-state index in [2.05, 4.69) is 10.3 Å². The molecule has 6 N–H and O–H groups in total. The van der Waals surface area contributed by atoms with Crippen LogP contribution in [0.4, 0.5) is 0 Å². The van der Waals surface area contributed by atoms with Crippen molar-refractivity contribution in [3.63, 3.8) is 0 Å². The molecule has 0 aromatic heterocycles. The fourth-order valence-corrected chi connectivity index (χ4v) is 1.91. The zero-order chi connectivity index (χ0) is 16.1. The minimum atomic E-state index is -0.791. The first-order valence-corrected chi connectivity index (χ1v) is 7.49. The van der Waals surface area contributed by atoms with Crippen LogP contribution in [0.1, 0.15) is 51.9 Å². The lowest BCUT2D eigenvalue weighted by Crippen LogP contribution is -2.29. The molecule has 0 heterocycles. The highest BCUT2D eigenvalue weighted by atomic mass is 16.4. The van der Waals surface area contributed by atoms with Gasteiger partial charge in [-0.25, -0.2) is 0 Å². The average molecular weight is 300 g/mol. The topological polar surface area (TPSA) is 131 Å². The SMILES string of the molecule is CCC(CCC(=O)O)CNC(=O)CCCCCN=C(N)N. The number of carboxylic acid groups (broad SMARTS) is 1. The smallest absolute Gasteiger partial charge is 0.303 e. The number of unbranched alkanes of at least 4 members (excludes halogenated alkanes) is 2. The molecular formula is C14H28N4O3. The molecular weight excluding hydrogens is 272 g/mol. The van der Waals surface area contributed by atoms with Gasteiger partial charge >= 0.3 is 5.97 Å². The molecule has 1 amide bonds. The van der Waals surface area contributed by atoms with Gasteiger partial charge in [0.2, 0.25) is 5.91 Å². The van der Waals surface area contributed by atoms with Gasteiger partial charge in [-0.15, -0.1) is 0 Å². The van der Waals surface area contributed by atoms with Crippen LogP contribution in [0.2, 0.25) is 0 Å². The molecule has 1 atom stereocenters. The molecule has 0 fully saturated rings. The van der Waals surface area contributed by atoms with Gasteiger partial charge in [0.1, 0.15) is 0 Å². The molecule has 7 heteroatoms. The summed E-state index contributed by atoms with van der Waals surface area (Å²) >= 11 is 0. The summed E-state index contributed by atoms with van der Waals surface area (Å²) in [5, 5.41) is 11.5. The van der Waals surface area contributed by atoms with Crippen LogP contribution in [0.15, 0.2) is 4.99 Å². The van der Waals surface area contributed by atoms with Crippen LogP contribution < -0.4 is 16.8 Å². The van der Waals surface area contributed by atoms with Gasteiger partial charge in [-0.3, -0.25) is 14.6 Å². The molecule has 0 aromatic rings. The Morgan fingerprint density at radius 1 is 1.19 bits per heavy atom. The third kappa shape index (κ3) is 13.0. The average Bonchev–Trinajstić information content (AvgIpc) is 2.42. The molecule has 0 saturated heterocycles. The standard InChI is InChI=1S/C14H28N4O3/c1-2-11(7-8-13(20)21)10-18-12(19)6-4-3-5-9-17-14(15)16/h11H,2-10H2,1H3,(H,18,19)(H,20,21)(H4,15,16,17). The quantitative estimate of drug-likeness (QED) is 0.241.